The second-order valence-corrected chi connectivity index (χ2v) is 8.47. The zero-order valence-electron chi connectivity index (χ0n) is 15.0. The lowest BCUT2D eigenvalue weighted by Gasteiger charge is -2.34. The van der Waals surface area contributed by atoms with Gasteiger partial charge in [0.2, 0.25) is 0 Å². The van der Waals surface area contributed by atoms with Crippen molar-refractivity contribution in [2.24, 2.45) is 14.1 Å². The van der Waals surface area contributed by atoms with Gasteiger partial charge in [-0.1, -0.05) is 20.8 Å². The van der Waals surface area contributed by atoms with Gasteiger partial charge in [0, 0.05) is 49.3 Å². The number of rotatable bonds is 2. The fourth-order valence-corrected chi connectivity index (χ4v) is 4.00. The smallest absolute Gasteiger partial charge is 0.272 e. The SMILES string of the molecule is Cn1cc([C@@H]2CSCCN2C(=O)c2cc(C(C)(C)C)nn2C)cn1. The molecule has 3 heterocycles. The molecule has 1 atom stereocenters. The Morgan fingerprint density at radius 2 is 2.08 bits per heavy atom. The van der Waals surface area contributed by atoms with Gasteiger partial charge in [0.25, 0.3) is 5.91 Å². The molecule has 0 unspecified atom stereocenters. The van der Waals surface area contributed by atoms with Gasteiger partial charge in [0.1, 0.15) is 5.69 Å². The minimum Gasteiger partial charge on any atom is -0.328 e. The predicted molar refractivity (Wildman–Crippen MR) is 96.2 cm³/mol. The molecule has 2 aromatic rings. The molecule has 0 bridgehead atoms. The molecule has 0 aromatic carbocycles. The highest BCUT2D eigenvalue weighted by atomic mass is 32.2. The predicted octanol–water partition coefficient (Wildman–Crippen LogP) is 2.38. The number of hydrogen-bond acceptors (Lipinski definition) is 4. The monoisotopic (exact) mass is 347 g/mol. The Labute approximate surface area is 147 Å². The summed E-state index contributed by atoms with van der Waals surface area (Å²) in [6.07, 6.45) is 3.86. The van der Waals surface area contributed by atoms with E-state index in [1.807, 2.05) is 49.2 Å². The van der Waals surface area contributed by atoms with Gasteiger partial charge in [-0.3, -0.25) is 14.2 Å². The molecule has 130 valence electrons. The van der Waals surface area contributed by atoms with Crippen LogP contribution >= 0.6 is 11.8 Å². The maximum absolute atomic E-state index is 13.2. The Morgan fingerprint density at radius 1 is 1.33 bits per heavy atom. The Balaban J connectivity index is 1.91. The lowest BCUT2D eigenvalue weighted by molar-refractivity contribution is 0.0690. The van der Waals surface area contributed by atoms with Crippen molar-refractivity contribution in [2.45, 2.75) is 32.2 Å². The summed E-state index contributed by atoms with van der Waals surface area (Å²) in [6.45, 7) is 7.08. The van der Waals surface area contributed by atoms with Crippen molar-refractivity contribution in [2.75, 3.05) is 18.1 Å². The number of hydrogen-bond donors (Lipinski definition) is 0. The van der Waals surface area contributed by atoms with Crippen molar-refractivity contribution in [3.63, 3.8) is 0 Å². The van der Waals surface area contributed by atoms with E-state index in [1.165, 1.54) is 0 Å². The highest BCUT2D eigenvalue weighted by molar-refractivity contribution is 7.99. The molecule has 0 aliphatic carbocycles. The molecule has 0 saturated carbocycles. The van der Waals surface area contributed by atoms with Crippen LogP contribution in [0.5, 0.6) is 0 Å². The fourth-order valence-electron chi connectivity index (χ4n) is 2.92. The first-order chi connectivity index (χ1) is 11.3. The summed E-state index contributed by atoms with van der Waals surface area (Å²) in [5.74, 6) is 1.92. The Morgan fingerprint density at radius 3 is 2.67 bits per heavy atom. The molecule has 2 aromatic heterocycles. The van der Waals surface area contributed by atoms with Crippen LogP contribution in [0.4, 0.5) is 0 Å². The van der Waals surface area contributed by atoms with E-state index in [0.717, 1.165) is 29.3 Å². The summed E-state index contributed by atoms with van der Waals surface area (Å²) in [5, 5.41) is 8.81. The molecule has 1 fully saturated rings. The van der Waals surface area contributed by atoms with Crippen molar-refractivity contribution in [3.05, 3.63) is 35.4 Å². The van der Waals surface area contributed by atoms with E-state index in [0.29, 0.717) is 5.69 Å². The molecular weight excluding hydrogens is 322 g/mol. The quantitative estimate of drug-likeness (QED) is 0.837. The second kappa shape index (κ2) is 6.27. The number of carbonyl (C=O) groups is 1. The van der Waals surface area contributed by atoms with Crippen LogP contribution in [0.1, 0.15) is 48.6 Å². The van der Waals surface area contributed by atoms with E-state index >= 15 is 0 Å². The van der Waals surface area contributed by atoms with Crippen LogP contribution in [-0.4, -0.2) is 48.4 Å². The lowest BCUT2D eigenvalue weighted by atomic mass is 9.92. The normalized spacial score (nSPS) is 18.9. The van der Waals surface area contributed by atoms with Gasteiger partial charge in [-0.25, -0.2) is 0 Å². The molecule has 1 amide bonds. The summed E-state index contributed by atoms with van der Waals surface area (Å²) >= 11 is 1.88. The summed E-state index contributed by atoms with van der Waals surface area (Å²) in [5.41, 5.74) is 2.62. The van der Waals surface area contributed by atoms with Gasteiger partial charge in [0.15, 0.2) is 0 Å². The first-order valence-corrected chi connectivity index (χ1v) is 9.34. The first kappa shape index (κ1) is 17.1. The third kappa shape index (κ3) is 3.22. The molecule has 0 N–H and O–H groups in total. The van der Waals surface area contributed by atoms with Gasteiger partial charge >= 0.3 is 0 Å². The van der Waals surface area contributed by atoms with Crippen LogP contribution in [-0.2, 0) is 19.5 Å². The van der Waals surface area contributed by atoms with E-state index in [-0.39, 0.29) is 17.4 Å². The summed E-state index contributed by atoms with van der Waals surface area (Å²) in [4.78, 5) is 15.1. The van der Waals surface area contributed by atoms with Crippen LogP contribution in [0.25, 0.3) is 0 Å². The highest BCUT2D eigenvalue weighted by Gasteiger charge is 2.32. The van der Waals surface area contributed by atoms with Crippen LogP contribution in [0.3, 0.4) is 0 Å². The van der Waals surface area contributed by atoms with Gasteiger partial charge in [-0.2, -0.15) is 22.0 Å². The molecule has 0 spiro atoms. The Kier molecular flexibility index (Phi) is 4.46. The minimum absolute atomic E-state index is 0.0506. The largest absolute Gasteiger partial charge is 0.328 e. The molecule has 0 radical (unpaired) electrons. The number of carbonyl (C=O) groups excluding carboxylic acids is 1. The number of amides is 1. The van der Waals surface area contributed by atoms with E-state index in [1.54, 1.807) is 9.36 Å². The van der Waals surface area contributed by atoms with Gasteiger partial charge in [-0.15, -0.1) is 0 Å². The molecular formula is C17H25N5OS. The molecule has 3 rings (SSSR count). The number of nitrogens with zero attached hydrogens (tertiary/aromatic N) is 5. The number of aromatic nitrogens is 4. The molecule has 1 aliphatic rings. The van der Waals surface area contributed by atoms with Gasteiger partial charge < -0.3 is 4.90 Å². The average Bonchev–Trinajstić information content (AvgIpc) is 3.12. The molecule has 24 heavy (non-hydrogen) atoms. The summed E-state index contributed by atoms with van der Waals surface area (Å²) < 4.78 is 3.50. The Hall–Kier alpha value is -1.76. The summed E-state index contributed by atoms with van der Waals surface area (Å²) in [6, 6.07) is 2.00. The molecule has 1 saturated heterocycles. The van der Waals surface area contributed by atoms with Crippen molar-refractivity contribution in [1.82, 2.24) is 24.5 Å². The standard InChI is InChI=1S/C17H25N5OS/c1-17(2,3)15-8-13(21(5)19-15)16(23)22-6-7-24-11-14(22)12-9-18-20(4)10-12/h8-10,14H,6-7,11H2,1-5H3/t14-/m0/s1. The topological polar surface area (TPSA) is 56.0 Å². The minimum atomic E-state index is -0.0726. The number of aryl methyl sites for hydroxylation is 2. The van der Waals surface area contributed by atoms with E-state index in [2.05, 4.69) is 31.0 Å². The van der Waals surface area contributed by atoms with Crippen LogP contribution in [0.15, 0.2) is 18.5 Å². The third-order valence-corrected chi connectivity index (χ3v) is 5.39. The van der Waals surface area contributed by atoms with Crippen molar-refractivity contribution < 1.29 is 4.79 Å². The molecule has 7 heteroatoms. The fraction of sp³-hybridized carbons (Fsp3) is 0.588. The first-order valence-electron chi connectivity index (χ1n) is 8.19. The average molecular weight is 347 g/mol. The highest BCUT2D eigenvalue weighted by Crippen LogP contribution is 2.31. The van der Waals surface area contributed by atoms with Crippen molar-refractivity contribution in [1.29, 1.82) is 0 Å². The van der Waals surface area contributed by atoms with Gasteiger partial charge in [0.05, 0.1) is 17.9 Å². The maximum Gasteiger partial charge on any atom is 0.272 e. The van der Waals surface area contributed by atoms with Crippen LogP contribution in [0, 0.1) is 0 Å². The molecule has 1 aliphatic heterocycles. The zero-order valence-corrected chi connectivity index (χ0v) is 15.8. The zero-order chi connectivity index (χ0) is 17.5. The van der Waals surface area contributed by atoms with Gasteiger partial charge in [-0.05, 0) is 6.07 Å². The van der Waals surface area contributed by atoms with Crippen molar-refractivity contribution in [3.8, 4) is 0 Å². The summed E-state index contributed by atoms with van der Waals surface area (Å²) in [7, 11) is 3.75. The number of thioether (sulfide) groups is 1. The molecule has 6 nitrogen and oxygen atoms in total. The third-order valence-electron chi connectivity index (χ3n) is 4.37. The maximum atomic E-state index is 13.2. The van der Waals surface area contributed by atoms with Crippen LogP contribution in [0.2, 0.25) is 0 Å². The van der Waals surface area contributed by atoms with Crippen molar-refractivity contribution >= 4 is 17.7 Å². The Bertz CT molecular complexity index is 742. The van der Waals surface area contributed by atoms with Crippen LogP contribution < -0.4 is 0 Å². The lowest BCUT2D eigenvalue weighted by Crippen LogP contribution is -2.41. The van der Waals surface area contributed by atoms with E-state index in [9.17, 15) is 4.79 Å². The van der Waals surface area contributed by atoms with E-state index in [4.69, 9.17) is 0 Å². The van der Waals surface area contributed by atoms with E-state index < -0.39 is 0 Å². The second-order valence-electron chi connectivity index (χ2n) is 7.33.